The molecule has 1 amide bonds. The lowest BCUT2D eigenvalue weighted by atomic mass is 10.1. The van der Waals surface area contributed by atoms with E-state index >= 15 is 0 Å². The minimum Gasteiger partial charge on any atom is -0.488 e. The SMILES string of the molecule is Cc1cccc(C(=O)NC[C@@H]2Cc3ccccc3O2)c1[N+](=O)[O-]. The number of nitrogens with zero attached hydrogens (tertiary/aromatic N) is 1. The fraction of sp³-hybridized carbons (Fsp3) is 0.235. The summed E-state index contributed by atoms with van der Waals surface area (Å²) in [6, 6.07) is 12.4. The zero-order valence-electron chi connectivity index (χ0n) is 12.6. The van der Waals surface area contributed by atoms with Gasteiger partial charge in [0.15, 0.2) is 0 Å². The number of amides is 1. The average molecular weight is 312 g/mol. The van der Waals surface area contributed by atoms with Crippen LogP contribution in [0.2, 0.25) is 0 Å². The summed E-state index contributed by atoms with van der Waals surface area (Å²) in [6.45, 7) is 1.92. The zero-order chi connectivity index (χ0) is 16.4. The fourth-order valence-electron chi connectivity index (χ4n) is 2.75. The van der Waals surface area contributed by atoms with Crippen LogP contribution in [0.5, 0.6) is 5.75 Å². The third kappa shape index (κ3) is 3.01. The van der Waals surface area contributed by atoms with E-state index in [4.69, 9.17) is 4.74 Å². The molecule has 23 heavy (non-hydrogen) atoms. The Morgan fingerprint density at radius 2 is 2.09 bits per heavy atom. The van der Waals surface area contributed by atoms with Gasteiger partial charge in [0.05, 0.1) is 11.5 Å². The highest BCUT2D eigenvalue weighted by molar-refractivity contribution is 5.98. The number of carbonyl (C=O) groups is 1. The van der Waals surface area contributed by atoms with Gasteiger partial charge in [-0.05, 0) is 24.6 Å². The molecular formula is C17H16N2O4. The van der Waals surface area contributed by atoms with Crippen LogP contribution in [0.3, 0.4) is 0 Å². The van der Waals surface area contributed by atoms with Gasteiger partial charge in [-0.1, -0.05) is 30.3 Å². The normalized spacial score (nSPS) is 15.6. The molecule has 2 aromatic carbocycles. The van der Waals surface area contributed by atoms with Crippen molar-refractivity contribution in [2.24, 2.45) is 0 Å². The van der Waals surface area contributed by atoms with Crippen molar-refractivity contribution in [2.45, 2.75) is 19.4 Å². The third-order valence-corrected chi connectivity index (χ3v) is 3.87. The molecule has 6 heteroatoms. The second-order valence-corrected chi connectivity index (χ2v) is 5.49. The molecule has 0 spiro atoms. The van der Waals surface area contributed by atoms with E-state index in [0.29, 0.717) is 18.5 Å². The number of para-hydroxylation sites is 2. The molecule has 0 fully saturated rings. The lowest BCUT2D eigenvalue weighted by Gasteiger charge is -2.12. The van der Waals surface area contributed by atoms with Gasteiger partial charge in [-0.2, -0.15) is 0 Å². The Labute approximate surface area is 133 Å². The molecule has 3 rings (SSSR count). The Hall–Kier alpha value is -2.89. The summed E-state index contributed by atoms with van der Waals surface area (Å²) in [4.78, 5) is 22.9. The van der Waals surface area contributed by atoms with E-state index in [9.17, 15) is 14.9 Å². The summed E-state index contributed by atoms with van der Waals surface area (Å²) in [7, 11) is 0. The number of nitro benzene ring substituents is 1. The number of fused-ring (bicyclic) bond motifs is 1. The summed E-state index contributed by atoms with van der Waals surface area (Å²) >= 11 is 0. The summed E-state index contributed by atoms with van der Waals surface area (Å²) in [5.74, 6) is 0.369. The Morgan fingerprint density at radius 1 is 1.30 bits per heavy atom. The second kappa shape index (κ2) is 6.08. The van der Waals surface area contributed by atoms with Crippen molar-refractivity contribution >= 4 is 11.6 Å². The Bertz CT molecular complexity index is 748. The van der Waals surface area contributed by atoms with Crippen molar-refractivity contribution in [3.05, 3.63) is 69.3 Å². The zero-order valence-corrected chi connectivity index (χ0v) is 12.6. The van der Waals surface area contributed by atoms with Crippen LogP contribution in [0, 0.1) is 17.0 Å². The van der Waals surface area contributed by atoms with Gasteiger partial charge in [-0.3, -0.25) is 14.9 Å². The summed E-state index contributed by atoms with van der Waals surface area (Å²) in [5, 5.41) is 13.9. The van der Waals surface area contributed by atoms with Crippen LogP contribution in [0.1, 0.15) is 21.5 Å². The minimum absolute atomic E-state index is 0.0745. The number of ether oxygens (including phenoxy) is 1. The fourth-order valence-corrected chi connectivity index (χ4v) is 2.75. The summed E-state index contributed by atoms with van der Waals surface area (Å²) in [5.41, 5.74) is 1.49. The van der Waals surface area contributed by atoms with E-state index in [-0.39, 0.29) is 17.4 Å². The monoisotopic (exact) mass is 312 g/mol. The van der Waals surface area contributed by atoms with Gasteiger partial charge in [-0.25, -0.2) is 0 Å². The average Bonchev–Trinajstić information content (AvgIpc) is 2.94. The van der Waals surface area contributed by atoms with E-state index in [1.807, 2.05) is 24.3 Å². The first-order valence-corrected chi connectivity index (χ1v) is 7.33. The Morgan fingerprint density at radius 3 is 2.83 bits per heavy atom. The first-order chi connectivity index (χ1) is 11.1. The van der Waals surface area contributed by atoms with E-state index in [0.717, 1.165) is 11.3 Å². The quantitative estimate of drug-likeness (QED) is 0.695. The van der Waals surface area contributed by atoms with Crippen molar-refractivity contribution in [1.82, 2.24) is 5.32 Å². The van der Waals surface area contributed by atoms with Crippen LogP contribution in [0.4, 0.5) is 5.69 Å². The van der Waals surface area contributed by atoms with Crippen LogP contribution in [0.25, 0.3) is 0 Å². The lowest BCUT2D eigenvalue weighted by Crippen LogP contribution is -2.34. The molecule has 0 bridgehead atoms. The number of rotatable bonds is 4. The largest absolute Gasteiger partial charge is 0.488 e. The molecule has 0 saturated heterocycles. The van der Waals surface area contributed by atoms with Crippen molar-refractivity contribution in [3.8, 4) is 5.75 Å². The number of hydrogen-bond donors (Lipinski definition) is 1. The van der Waals surface area contributed by atoms with Crippen LogP contribution in [-0.2, 0) is 6.42 Å². The Kier molecular flexibility index (Phi) is 3.97. The molecular weight excluding hydrogens is 296 g/mol. The second-order valence-electron chi connectivity index (χ2n) is 5.49. The lowest BCUT2D eigenvalue weighted by molar-refractivity contribution is -0.385. The smallest absolute Gasteiger partial charge is 0.285 e. The molecule has 1 N–H and O–H groups in total. The van der Waals surface area contributed by atoms with Gasteiger partial charge in [-0.15, -0.1) is 0 Å². The molecule has 0 aromatic heterocycles. The first kappa shape index (κ1) is 15.0. The molecule has 0 aliphatic carbocycles. The van der Waals surface area contributed by atoms with Gasteiger partial charge in [0.25, 0.3) is 11.6 Å². The van der Waals surface area contributed by atoms with Gasteiger partial charge in [0.1, 0.15) is 17.4 Å². The molecule has 2 aromatic rings. The number of aryl methyl sites for hydroxylation is 1. The molecule has 0 saturated carbocycles. The van der Waals surface area contributed by atoms with Gasteiger partial charge in [0.2, 0.25) is 0 Å². The maximum absolute atomic E-state index is 12.3. The maximum Gasteiger partial charge on any atom is 0.285 e. The molecule has 1 aliphatic heterocycles. The number of nitro groups is 1. The third-order valence-electron chi connectivity index (χ3n) is 3.87. The van der Waals surface area contributed by atoms with Crippen molar-refractivity contribution in [3.63, 3.8) is 0 Å². The number of carbonyl (C=O) groups excluding carboxylic acids is 1. The molecule has 1 aliphatic rings. The molecule has 1 atom stereocenters. The Balaban J connectivity index is 1.68. The number of hydrogen-bond acceptors (Lipinski definition) is 4. The summed E-state index contributed by atoms with van der Waals surface area (Å²) in [6.07, 6.45) is 0.562. The van der Waals surface area contributed by atoms with Gasteiger partial charge >= 0.3 is 0 Å². The van der Waals surface area contributed by atoms with Crippen molar-refractivity contribution in [1.29, 1.82) is 0 Å². The first-order valence-electron chi connectivity index (χ1n) is 7.33. The maximum atomic E-state index is 12.3. The van der Waals surface area contributed by atoms with Crippen LogP contribution in [-0.4, -0.2) is 23.5 Å². The number of benzene rings is 2. The minimum atomic E-state index is -0.522. The van der Waals surface area contributed by atoms with Gasteiger partial charge < -0.3 is 10.1 Å². The molecule has 0 unspecified atom stereocenters. The van der Waals surface area contributed by atoms with E-state index in [2.05, 4.69) is 5.32 Å². The molecule has 6 nitrogen and oxygen atoms in total. The predicted octanol–water partition coefficient (Wildman–Crippen LogP) is 2.64. The van der Waals surface area contributed by atoms with E-state index in [1.165, 1.54) is 6.07 Å². The highest BCUT2D eigenvalue weighted by atomic mass is 16.6. The van der Waals surface area contributed by atoms with E-state index in [1.54, 1.807) is 19.1 Å². The summed E-state index contributed by atoms with van der Waals surface area (Å²) < 4.78 is 5.75. The van der Waals surface area contributed by atoms with Crippen molar-refractivity contribution in [2.75, 3.05) is 6.54 Å². The van der Waals surface area contributed by atoms with Crippen LogP contribution < -0.4 is 10.1 Å². The number of nitrogens with one attached hydrogen (secondary N) is 1. The molecule has 1 heterocycles. The van der Waals surface area contributed by atoms with Crippen molar-refractivity contribution < 1.29 is 14.5 Å². The molecule has 0 radical (unpaired) electrons. The van der Waals surface area contributed by atoms with Crippen LogP contribution in [0.15, 0.2) is 42.5 Å². The topological polar surface area (TPSA) is 81.5 Å². The molecule has 118 valence electrons. The van der Waals surface area contributed by atoms with E-state index < -0.39 is 10.8 Å². The van der Waals surface area contributed by atoms with Gasteiger partial charge in [0, 0.05) is 12.0 Å². The highest BCUT2D eigenvalue weighted by Gasteiger charge is 2.25. The predicted molar refractivity (Wildman–Crippen MR) is 84.7 cm³/mol. The highest BCUT2D eigenvalue weighted by Crippen LogP contribution is 2.28. The standard InChI is InChI=1S/C17H16N2O4/c1-11-5-4-7-14(16(11)19(21)22)17(20)18-10-13-9-12-6-2-3-8-15(12)23-13/h2-8,13H,9-10H2,1H3,(H,18,20)/t13-/m0/s1. The van der Waals surface area contributed by atoms with Crippen LogP contribution >= 0.6 is 0 Å².